The van der Waals surface area contributed by atoms with Crippen LogP contribution in [0.4, 0.5) is 0 Å². The number of rotatable bonds is 3. The summed E-state index contributed by atoms with van der Waals surface area (Å²) in [5.74, 6) is 0.773. The van der Waals surface area contributed by atoms with Crippen LogP contribution < -0.4 is 0 Å². The number of ether oxygens (including phenoxy) is 1. The number of likely N-dealkylation sites (tertiary alicyclic amines) is 1. The molecule has 2 aromatic rings. The number of fused-ring (bicyclic) bond motifs is 1. The summed E-state index contributed by atoms with van der Waals surface area (Å²) >= 11 is 0. The highest BCUT2D eigenvalue weighted by Crippen LogP contribution is 2.29. The quantitative estimate of drug-likeness (QED) is 0.871. The zero-order chi connectivity index (χ0) is 16.4. The van der Waals surface area contributed by atoms with Gasteiger partial charge in [-0.1, -0.05) is 6.07 Å². The van der Waals surface area contributed by atoms with E-state index in [0.717, 1.165) is 63.0 Å². The van der Waals surface area contributed by atoms with Crippen LogP contribution in [-0.4, -0.2) is 46.7 Å². The van der Waals surface area contributed by atoms with Gasteiger partial charge < -0.3 is 14.2 Å². The van der Waals surface area contributed by atoms with Gasteiger partial charge >= 0.3 is 0 Å². The van der Waals surface area contributed by atoms with Gasteiger partial charge in [-0.25, -0.2) is 4.98 Å². The largest absolute Gasteiger partial charge is 0.381 e. The topological polar surface area (TPSA) is 47.4 Å². The normalized spacial score (nSPS) is 19.8. The van der Waals surface area contributed by atoms with Crippen molar-refractivity contribution < 1.29 is 9.53 Å². The highest BCUT2D eigenvalue weighted by Gasteiger charge is 2.19. The Morgan fingerprint density at radius 1 is 1.17 bits per heavy atom. The molecule has 0 atom stereocenters. The molecule has 2 aliphatic heterocycles. The molecule has 0 bridgehead atoms. The molecule has 1 amide bonds. The van der Waals surface area contributed by atoms with Crippen LogP contribution in [0.15, 0.2) is 24.5 Å². The van der Waals surface area contributed by atoms with Gasteiger partial charge in [0.15, 0.2) is 0 Å². The molecular formula is C19H25N3O2. The third kappa shape index (κ3) is 3.18. The number of carbonyl (C=O) groups excluding carboxylic acids is 1. The van der Waals surface area contributed by atoms with E-state index in [9.17, 15) is 4.79 Å². The van der Waals surface area contributed by atoms with Crippen molar-refractivity contribution >= 4 is 16.9 Å². The summed E-state index contributed by atoms with van der Waals surface area (Å²) < 4.78 is 7.48. The number of imidazole rings is 1. The van der Waals surface area contributed by atoms with Crippen molar-refractivity contribution in [3.05, 3.63) is 30.1 Å². The summed E-state index contributed by atoms with van der Waals surface area (Å²) in [4.78, 5) is 19.0. The number of hydrogen-bond acceptors (Lipinski definition) is 3. The van der Waals surface area contributed by atoms with Crippen molar-refractivity contribution in [3.8, 4) is 0 Å². The van der Waals surface area contributed by atoms with Gasteiger partial charge in [-0.15, -0.1) is 0 Å². The molecule has 1 aromatic carbocycles. The summed E-state index contributed by atoms with van der Waals surface area (Å²) in [6.07, 6.45) is 7.46. The molecule has 0 saturated carbocycles. The Morgan fingerprint density at radius 3 is 2.75 bits per heavy atom. The Morgan fingerprint density at radius 2 is 1.96 bits per heavy atom. The fourth-order valence-electron chi connectivity index (χ4n) is 3.87. The van der Waals surface area contributed by atoms with Gasteiger partial charge in [-0.05, 0) is 55.7 Å². The first-order valence-corrected chi connectivity index (χ1v) is 9.11. The molecule has 3 heterocycles. The van der Waals surface area contributed by atoms with Crippen molar-refractivity contribution in [3.63, 3.8) is 0 Å². The van der Waals surface area contributed by atoms with Gasteiger partial charge in [-0.3, -0.25) is 4.79 Å². The van der Waals surface area contributed by atoms with Crippen LogP contribution in [0.1, 0.15) is 43.6 Å². The molecule has 4 rings (SSSR count). The second kappa shape index (κ2) is 6.93. The molecule has 2 saturated heterocycles. The van der Waals surface area contributed by atoms with Crippen molar-refractivity contribution in [1.82, 2.24) is 14.5 Å². The molecule has 24 heavy (non-hydrogen) atoms. The average molecular weight is 327 g/mol. The van der Waals surface area contributed by atoms with Gasteiger partial charge in [0, 0.05) is 26.3 Å². The first-order chi connectivity index (χ1) is 11.8. The molecule has 5 nitrogen and oxygen atoms in total. The number of benzene rings is 1. The van der Waals surface area contributed by atoms with E-state index in [0.29, 0.717) is 12.5 Å². The molecule has 5 heteroatoms. The fourth-order valence-corrected chi connectivity index (χ4v) is 3.87. The third-order valence-electron chi connectivity index (χ3n) is 5.35. The smallest absolute Gasteiger partial charge is 0.242 e. The number of hydrogen-bond donors (Lipinski definition) is 0. The lowest BCUT2D eigenvalue weighted by Gasteiger charge is -2.27. The molecule has 1 aromatic heterocycles. The second-order valence-corrected chi connectivity index (χ2v) is 6.95. The Bertz CT molecular complexity index is 712. The van der Waals surface area contributed by atoms with Crippen LogP contribution >= 0.6 is 0 Å². The average Bonchev–Trinajstić information content (AvgIpc) is 3.05. The van der Waals surface area contributed by atoms with E-state index in [2.05, 4.69) is 23.2 Å². The van der Waals surface area contributed by atoms with Crippen LogP contribution in [0, 0.1) is 0 Å². The third-order valence-corrected chi connectivity index (χ3v) is 5.35. The van der Waals surface area contributed by atoms with Crippen molar-refractivity contribution in [2.75, 3.05) is 26.3 Å². The summed E-state index contributed by atoms with van der Waals surface area (Å²) in [6, 6.07) is 6.49. The number of carbonyl (C=O) groups is 1. The molecule has 0 spiro atoms. The Balaban J connectivity index is 1.55. The lowest BCUT2D eigenvalue weighted by Crippen LogP contribution is -2.37. The van der Waals surface area contributed by atoms with E-state index < -0.39 is 0 Å². The zero-order valence-electron chi connectivity index (χ0n) is 14.1. The first kappa shape index (κ1) is 15.6. The molecule has 0 radical (unpaired) electrons. The highest BCUT2D eigenvalue weighted by atomic mass is 16.5. The number of amides is 1. The molecule has 0 unspecified atom stereocenters. The van der Waals surface area contributed by atoms with Crippen LogP contribution in [0.5, 0.6) is 0 Å². The lowest BCUT2D eigenvalue weighted by molar-refractivity contribution is -0.132. The monoisotopic (exact) mass is 327 g/mol. The van der Waals surface area contributed by atoms with Crippen LogP contribution in [0.2, 0.25) is 0 Å². The number of aromatic nitrogens is 2. The minimum atomic E-state index is 0.213. The van der Waals surface area contributed by atoms with Gasteiger partial charge in [0.05, 0.1) is 17.4 Å². The van der Waals surface area contributed by atoms with E-state index in [1.807, 2.05) is 9.47 Å². The molecule has 128 valence electrons. The van der Waals surface area contributed by atoms with E-state index >= 15 is 0 Å². The highest BCUT2D eigenvalue weighted by molar-refractivity contribution is 5.81. The van der Waals surface area contributed by atoms with Crippen LogP contribution in [0.3, 0.4) is 0 Å². The maximum absolute atomic E-state index is 12.6. The molecule has 0 N–H and O–H groups in total. The summed E-state index contributed by atoms with van der Waals surface area (Å²) in [7, 11) is 0. The van der Waals surface area contributed by atoms with Crippen molar-refractivity contribution in [2.24, 2.45) is 0 Å². The maximum Gasteiger partial charge on any atom is 0.242 e. The predicted molar refractivity (Wildman–Crippen MR) is 93.0 cm³/mol. The number of piperidine rings is 1. The van der Waals surface area contributed by atoms with Crippen LogP contribution in [-0.2, 0) is 16.1 Å². The Kier molecular flexibility index (Phi) is 4.52. The van der Waals surface area contributed by atoms with E-state index in [1.54, 1.807) is 6.33 Å². The van der Waals surface area contributed by atoms with Crippen molar-refractivity contribution in [1.29, 1.82) is 0 Å². The Hall–Kier alpha value is -1.88. The van der Waals surface area contributed by atoms with Gasteiger partial charge in [0.1, 0.15) is 6.54 Å². The second-order valence-electron chi connectivity index (χ2n) is 6.95. The predicted octanol–water partition coefficient (Wildman–Crippen LogP) is 2.94. The minimum absolute atomic E-state index is 0.213. The van der Waals surface area contributed by atoms with E-state index in [-0.39, 0.29) is 5.91 Å². The lowest BCUT2D eigenvalue weighted by atomic mass is 9.91. The van der Waals surface area contributed by atoms with Gasteiger partial charge in [0.2, 0.25) is 5.91 Å². The van der Waals surface area contributed by atoms with E-state index in [4.69, 9.17) is 4.74 Å². The van der Waals surface area contributed by atoms with Crippen molar-refractivity contribution in [2.45, 2.75) is 44.6 Å². The molecular weight excluding hydrogens is 302 g/mol. The standard InChI is InChI=1S/C19H25N3O2/c23-19(21-8-2-1-3-9-21)13-22-14-20-17-5-4-16(12-18(17)22)15-6-10-24-11-7-15/h4-5,12,14-15H,1-3,6-11,13H2. The first-order valence-electron chi connectivity index (χ1n) is 9.11. The summed E-state index contributed by atoms with van der Waals surface area (Å²) in [5.41, 5.74) is 3.39. The zero-order valence-corrected chi connectivity index (χ0v) is 14.1. The summed E-state index contributed by atoms with van der Waals surface area (Å²) in [5, 5.41) is 0. The van der Waals surface area contributed by atoms with Crippen LogP contribution in [0.25, 0.3) is 11.0 Å². The van der Waals surface area contributed by atoms with Gasteiger partial charge in [-0.2, -0.15) is 0 Å². The van der Waals surface area contributed by atoms with Gasteiger partial charge in [0.25, 0.3) is 0 Å². The Labute approximate surface area is 142 Å². The SMILES string of the molecule is O=C(Cn1cnc2ccc(C3CCOCC3)cc21)N1CCCCC1. The minimum Gasteiger partial charge on any atom is -0.381 e. The molecule has 0 aliphatic carbocycles. The maximum atomic E-state index is 12.6. The molecule has 2 fully saturated rings. The number of nitrogens with zero attached hydrogens (tertiary/aromatic N) is 3. The van der Waals surface area contributed by atoms with E-state index in [1.165, 1.54) is 12.0 Å². The summed E-state index contributed by atoms with van der Waals surface area (Å²) in [6.45, 7) is 3.89. The molecule has 2 aliphatic rings. The fraction of sp³-hybridized carbons (Fsp3) is 0.579.